The molecule has 25 heavy (non-hydrogen) atoms. The molecule has 0 bridgehead atoms. The Morgan fingerprint density at radius 3 is 2.48 bits per heavy atom. The molecule has 0 radical (unpaired) electrons. The van der Waals surface area contributed by atoms with E-state index in [1.165, 1.54) is 40.8 Å². The lowest BCUT2D eigenvalue weighted by Crippen LogP contribution is -2.50. The second-order valence-electron chi connectivity index (χ2n) is 7.71. The molecule has 2 aliphatic heterocycles. The van der Waals surface area contributed by atoms with Gasteiger partial charge in [-0.25, -0.2) is 0 Å². The Morgan fingerprint density at radius 2 is 1.72 bits per heavy atom. The smallest absolute Gasteiger partial charge is 0.0436 e. The highest BCUT2D eigenvalue weighted by atomic mass is 35.5. The maximum atomic E-state index is 6.19. The molecule has 2 atom stereocenters. The highest BCUT2D eigenvalue weighted by Gasteiger charge is 2.38. The van der Waals surface area contributed by atoms with Crippen LogP contribution in [0.4, 0.5) is 5.69 Å². The Kier molecular flexibility index (Phi) is 4.51. The molecule has 0 amide bonds. The van der Waals surface area contributed by atoms with Crippen molar-refractivity contribution in [1.82, 2.24) is 4.90 Å². The molecule has 2 heterocycles. The van der Waals surface area contributed by atoms with Gasteiger partial charge in [-0.15, -0.1) is 0 Å². The highest BCUT2D eigenvalue weighted by Crippen LogP contribution is 2.39. The lowest BCUT2D eigenvalue weighted by molar-refractivity contribution is 0.176. The van der Waals surface area contributed by atoms with Crippen LogP contribution in [0.1, 0.15) is 41.1 Å². The minimum Gasteiger partial charge on any atom is -0.369 e. The Balaban J connectivity index is 1.50. The summed E-state index contributed by atoms with van der Waals surface area (Å²) < 4.78 is 0. The summed E-state index contributed by atoms with van der Waals surface area (Å²) in [5.74, 6) is 0. The molecule has 3 heteroatoms. The first-order valence-electron chi connectivity index (χ1n) is 9.37. The van der Waals surface area contributed by atoms with Crippen molar-refractivity contribution in [3.8, 4) is 0 Å². The normalized spacial score (nSPS) is 23.8. The van der Waals surface area contributed by atoms with Crippen LogP contribution in [0.3, 0.4) is 0 Å². The fraction of sp³-hybridized carbons (Fsp3) is 0.455. The van der Waals surface area contributed by atoms with Gasteiger partial charge in [0.05, 0.1) is 0 Å². The number of anilines is 1. The fourth-order valence-corrected chi connectivity index (χ4v) is 4.56. The zero-order valence-electron chi connectivity index (χ0n) is 15.4. The van der Waals surface area contributed by atoms with E-state index in [9.17, 15) is 0 Å². The van der Waals surface area contributed by atoms with Crippen LogP contribution in [0.15, 0.2) is 36.4 Å². The molecule has 0 spiro atoms. The van der Waals surface area contributed by atoms with Crippen molar-refractivity contribution in [2.24, 2.45) is 0 Å². The number of hydrogen-bond acceptors (Lipinski definition) is 2. The summed E-state index contributed by atoms with van der Waals surface area (Å²) in [6.07, 6.45) is 2.57. The van der Waals surface area contributed by atoms with Crippen molar-refractivity contribution >= 4 is 17.3 Å². The van der Waals surface area contributed by atoms with Gasteiger partial charge in [-0.1, -0.05) is 29.8 Å². The van der Waals surface area contributed by atoms with Crippen LogP contribution in [0.5, 0.6) is 0 Å². The van der Waals surface area contributed by atoms with Gasteiger partial charge >= 0.3 is 0 Å². The predicted octanol–water partition coefficient (Wildman–Crippen LogP) is 5.29. The first kappa shape index (κ1) is 16.9. The molecule has 0 aliphatic carbocycles. The second kappa shape index (κ2) is 6.66. The van der Waals surface area contributed by atoms with E-state index in [0.717, 1.165) is 24.7 Å². The fourth-order valence-electron chi connectivity index (χ4n) is 4.44. The molecule has 2 aliphatic rings. The van der Waals surface area contributed by atoms with E-state index in [2.05, 4.69) is 60.9 Å². The Labute approximate surface area is 156 Å². The molecule has 132 valence electrons. The molecule has 2 fully saturated rings. The van der Waals surface area contributed by atoms with Gasteiger partial charge in [0.1, 0.15) is 0 Å². The number of aryl methyl sites for hydroxylation is 3. The zero-order valence-corrected chi connectivity index (χ0v) is 16.2. The molecule has 2 aromatic rings. The molecular weight excluding hydrogens is 328 g/mol. The minimum atomic E-state index is 0.596. The van der Waals surface area contributed by atoms with Crippen molar-refractivity contribution in [2.45, 2.75) is 45.7 Å². The van der Waals surface area contributed by atoms with Crippen molar-refractivity contribution in [1.29, 1.82) is 0 Å². The second-order valence-corrected chi connectivity index (χ2v) is 8.12. The van der Waals surface area contributed by atoms with E-state index in [4.69, 9.17) is 11.6 Å². The molecule has 2 nitrogen and oxygen atoms in total. The predicted molar refractivity (Wildman–Crippen MR) is 107 cm³/mol. The Hall–Kier alpha value is -1.51. The van der Waals surface area contributed by atoms with Crippen LogP contribution in [0.25, 0.3) is 0 Å². The van der Waals surface area contributed by atoms with Crippen molar-refractivity contribution in [2.75, 3.05) is 24.5 Å². The van der Waals surface area contributed by atoms with Gasteiger partial charge < -0.3 is 4.90 Å². The third-order valence-corrected chi connectivity index (χ3v) is 6.55. The molecule has 0 saturated carbocycles. The summed E-state index contributed by atoms with van der Waals surface area (Å²) in [6, 6.07) is 14.7. The third kappa shape index (κ3) is 3.18. The van der Waals surface area contributed by atoms with Crippen LogP contribution >= 0.6 is 11.6 Å². The zero-order chi connectivity index (χ0) is 17.6. The summed E-state index contributed by atoms with van der Waals surface area (Å²) in [5, 5.41) is 0.859. The van der Waals surface area contributed by atoms with Crippen molar-refractivity contribution in [3.05, 3.63) is 63.7 Å². The SMILES string of the molecule is Cc1ccc(C2CCC3CN(c4ccc(Cl)c(C)c4)CCN32)cc1C. The molecule has 0 aromatic heterocycles. The van der Waals surface area contributed by atoms with Gasteiger partial charge in [0, 0.05) is 42.4 Å². The Morgan fingerprint density at radius 1 is 0.880 bits per heavy atom. The van der Waals surface area contributed by atoms with Gasteiger partial charge in [-0.2, -0.15) is 0 Å². The number of halogens is 1. The first-order valence-corrected chi connectivity index (χ1v) is 9.75. The van der Waals surface area contributed by atoms with Gasteiger partial charge in [-0.3, -0.25) is 4.90 Å². The quantitative estimate of drug-likeness (QED) is 0.722. The number of piperazine rings is 1. The molecule has 2 unspecified atom stereocenters. The minimum absolute atomic E-state index is 0.596. The van der Waals surface area contributed by atoms with Crippen molar-refractivity contribution < 1.29 is 0 Å². The molecule has 2 aromatic carbocycles. The molecule has 0 N–H and O–H groups in total. The van der Waals surface area contributed by atoms with E-state index in [0.29, 0.717) is 12.1 Å². The lowest BCUT2D eigenvalue weighted by atomic mass is 9.99. The van der Waals surface area contributed by atoms with Gasteiger partial charge in [0.25, 0.3) is 0 Å². The van der Waals surface area contributed by atoms with E-state index in [1.54, 1.807) is 0 Å². The van der Waals surface area contributed by atoms with Crippen molar-refractivity contribution in [3.63, 3.8) is 0 Å². The average molecular weight is 355 g/mol. The summed E-state index contributed by atoms with van der Waals surface area (Å²) in [7, 11) is 0. The summed E-state index contributed by atoms with van der Waals surface area (Å²) in [4.78, 5) is 5.27. The number of nitrogens with zero attached hydrogens (tertiary/aromatic N) is 2. The maximum Gasteiger partial charge on any atom is 0.0436 e. The largest absolute Gasteiger partial charge is 0.369 e. The van der Waals surface area contributed by atoms with Gasteiger partial charge in [0.2, 0.25) is 0 Å². The third-order valence-electron chi connectivity index (χ3n) is 6.12. The average Bonchev–Trinajstić information content (AvgIpc) is 3.03. The van der Waals surface area contributed by atoms with Crippen LogP contribution in [-0.4, -0.2) is 30.6 Å². The van der Waals surface area contributed by atoms with Crippen LogP contribution < -0.4 is 4.90 Å². The summed E-state index contributed by atoms with van der Waals surface area (Å²) >= 11 is 6.19. The molecular formula is C22H27ClN2. The van der Waals surface area contributed by atoms with E-state index in [1.807, 2.05) is 6.07 Å². The van der Waals surface area contributed by atoms with Gasteiger partial charge in [-0.05, 0) is 74.1 Å². The van der Waals surface area contributed by atoms with Crippen LogP contribution in [-0.2, 0) is 0 Å². The topological polar surface area (TPSA) is 6.48 Å². The molecule has 2 saturated heterocycles. The van der Waals surface area contributed by atoms with Gasteiger partial charge in [0.15, 0.2) is 0 Å². The summed E-state index contributed by atoms with van der Waals surface area (Å²) in [6.45, 7) is 9.88. The number of rotatable bonds is 2. The van der Waals surface area contributed by atoms with E-state index < -0.39 is 0 Å². The number of hydrogen-bond donors (Lipinski definition) is 0. The first-order chi connectivity index (χ1) is 12.0. The number of fused-ring (bicyclic) bond motifs is 1. The highest BCUT2D eigenvalue weighted by molar-refractivity contribution is 6.31. The maximum absolute atomic E-state index is 6.19. The lowest BCUT2D eigenvalue weighted by Gasteiger charge is -2.41. The number of benzene rings is 2. The van der Waals surface area contributed by atoms with E-state index in [-0.39, 0.29) is 0 Å². The summed E-state index contributed by atoms with van der Waals surface area (Å²) in [5.41, 5.74) is 6.79. The monoisotopic (exact) mass is 354 g/mol. The Bertz CT molecular complexity index is 786. The molecule has 4 rings (SSSR count). The van der Waals surface area contributed by atoms with E-state index >= 15 is 0 Å². The van der Waals surface area contributed by atoms with Crippen LogP contribution in [0, 0.1) is 20.8 Å². The van der Waals surface area contributed by atoms with Crippen LogP contribution in [0.2, 0.25) is 5.02 Å². The standard InChI is InChI=1S/C22H27ClN2/c1-15-4-5-18(12-16(15)2)22-9-7-20-14-24(10-11-25(20)22)19-6-8-21(23)17(3)13-19/h4-6,8,12-13,20,22H,7,9-11,14H2,1-3H3.